The zero-order valence-electron chi connectivity index (χ0n) is 16.4. The third-order valence-corrected chi connectivity index (χ3v) is 7.13. The van der Waals surface area contributed by atoms with E-state index in [4.69, 9.17) is 9.47 Å². The molecular formula is C22H23NO4S2. The number of methoxy groups -OCH3 is 1. The summed E-state index contributed by atoms with van der Waals surface area (Å²) in [5.41, 5.74) is 3.87. The number of esters is 1. The van der Waals surface area contributed by atoms with E-state index in [-0.39, 0.29) is 24.2 Å². The second-order valence-electron chi connectivity index (χ2n) is 7.22. The molecule has 7 heteroatoms. The van der Waals surface area contributed by atoms with Crippen LogP contribution < -0.4 is 5.32 Å². The fourth-order valence-corrected chi connectivity index (χ4v) is 5.62. The average Bonchev–Trinajstić information content (AvgIpc) is 3.41. The lowest BCUT2D eigenvalue weighted by atomic mass is 9.73. The Morgan fingerprint density at radius 3 is 2.79 bits per heavy atom. The van der Waals surface area contributed by atoms with Crippen molar-refractivity contribution < 1.29 is 19.1 Å². The van der Waals surface area contributed by atoms with Crippen LogP contribution in [0.5, 0.6) is 0 Å². The number of thiophene rings is 2. The van der Waals surface area contributed by atoms with Gasteiger partial charge in [-0.05, 0) is 47.2 Å². The van der Waals surface area contributed by atoms with Crippen molar-refractivity contribution in [2.24, 2.45) is 0 Å². The first-order valence-electron chi connectivity index (χ1n) is 9.55. The van der Waals surface area contributed by atoms with Gasteiger partial charge in [0.15, 0.2) is 5.78 Å². The number of ether oxygens (including phenoxy) is 2. The molecule has 0 fully saturated rings. The van der Waals surface area contributed by atoms with E-state index in [0.717, 1.165) is 23.4 Å². The molecule has 2 atom stereocenters. The SMILES string of the molecule is COCCOC(=O)C1=C(C)NC2=C(C(=O)C[C@H](c3cccs3)C2)[C@@H]1c1ccsc1. The van der Waals surface area contributed by atoms with Gasteiger partial charge in [-0.25, -0.2) is 4.79 Å². The van der Waals surface area contributed by atoms with E-state index in [1.807, 2.05) is 35.2 Å². The van der Waals surface area contributed by atoms with Gasteiger partial charge in [0.05, 0.1) is 12.2 Å². The summed E-state index contributed by atoms with van der Waals surface area (Å²) >= 11 is 3.25. The Bertz CT molecular complexity index is 957. The monoisotopic (exact) mass is 429 g/mol. The summed E-state index contributed by atoms with van der Waals surface area (Å²) in [6.07, 6.45) is 1.23. The summed E-state index contributed by atoms with van der Waals surface area (Å²) in [6.45, 7) is 2.40. The van der Waals surface area contributed by atoms with E-state index in [0.29, 0.717) is 24.2 Å². The molecule has 0 bridgehead atoms. The summed E-state index contributed by atoms with van der Waals surface area (Å²) in [7, 11) is 1.57. The summed E-state index contributed by atoms with van der Waals surface area (Å²) < 4.78 is 10.4. The molecule has 0 radical (unpaired) electrons. The molecule has 1 N–H and O–H groups in total. The van der Waals surface area contributed by atoms with Crippen LogP contribution in [0.3, 0.4) is 0 Å². The van der Waals surface area contributed by atoms with Crippen molar-refractivity contribution in [1.82, 2.24) is 5.32 Å². The van der Waals surface area contributed by atoms with E-state index < -0.39 is 5.97 Å². The molecule has 2 aliphatic rings. The molecule has 0 amide bonds. The van der Waals surface area contributed by atoms with Crippen LogP contribution in [-0.4, -0.2) is 32.1 Å². The van der Waals surface area contributed by atoms with Crippen LogP contribution in [0.2, 0.25) is 0 Å². The van der Waals surface area contributed by atoms with Crippen LogP contribution in [0, 0.1) is 0 Å². The highest BCUT2D eigenvalue weighted by molar-refractivity contribution is 7.10. The third-order valence-electron chi connectivity index (χ3n) is 5.39. The number of ketones is 1. The number of nitrogens with one attached hydrogen (secondary N) is 1. The number of carbonyl (C=O) groups excluding carboxylic acids is 2. The molecule has 1 aliphatic heterocycles. The van der Waals surface area contributed by atoms with Gasteiger partial charge in [-0.3, -0.25) is 4.79 Å². The van der Waals surface area contributed by atoms with E-state index in [2.05, 4.69) is 11.4 Å². The maximum Gasteiger partial charge on any atom is 0.336 e. The van der Waals surface area contributed by atoms with Crippen LogP contribution in [0.4, 0.5) is 0 Å². The van der Waals surface area contributed by atoms with Gasteiger partial charge in [0.2, 0.25) is 0 Å². The molecule has 3 heterocycles. The molecule has 152 valence electrons. The minimum absolute atomic E-state index is 0.100. The second kappa shape index (κ2) is 8.65. The Hall–Kier alpha value is -2.22. The van der Waals surface area contributed by atoms with Crippen molar-refractivity contribution in [3.05, 3.63) is 67.3 Å². The van der Waals surface area contributed by atoms with Crippen molar-refractivity contribution in [3.8, 4) is 0 Å². The Kier molecular flexibility index (Phi) is 5.99. The fourth-order valence-electron chi connectivity index (χ4n) is 4.10. The molecule has 0 saturated carbocycles. The molecule has 1 aliphatic carbocycles. The molecular weight excluding hydrogens is 406 g/mol. The second-order valence-corrected chi connectivity index (χ2v) is 8.98. The minimum atomic E-state index is -0.400. The quantitative estimate of drug-likeness (QED) is 0.546. The van der Waals surface area contributed by atoms with Crippen LogP contribution >= 0.6 is 22.7 Å². The number of dihydropyridines is 1. The standard InChI is InChI=1S/C22H23NO4S2/c1-13-19(22(25)27-7-6-26-2)20(14-5-9-28-12-14)21-16(23-13)10-15(11-17(21)24)18-4-3-8-29-18/h3-5,8-9,12,15,20,23H,6-7,10-11H2,1-2H3/t15-,20-/m1/s1. The van der Waals surface area contributed by atoms with Crippen molar-refractivity contribution >= 4 is 34.4 Å². The number of carbonyl (C=O) groups is 2. The molecule has 0 spiro atoms. The predicted molar refractivity (Wildman–Crippen MR) is 114 cm³/mol. The lowest BCUT2D eigenvalue weighted by Crippen LogP contribution is -2.36. The molecule has 2 aromatic rings. The Morgan fingerprint density at radius 2 is 2.10 bits per heavy atom. The third kappa shape index (κ3) is 3.95. The smallest absolute Gasteiger partial charge is 0.336 e. The van der Waals surface area contributed by atoms with Crippen molar-refractivity contribution in [3.63, 3.8) is 0 Å². The first-order valence-corrected chi connectivity index (χ1v) is 11.4. The number of rotatable bonds is 6. The predicted octanol–water partition coefficient (Wildman–Crippen LogP) is 4.36. The first kappa shape index (κ1) is 20.1. The van der Waals surface area contributed by atoms with Gasteiger partial charge >= 0.3 is 5.97 Å². The maximum absolute atomic E-state index is 13.3. The van der Waals surface area contributed by atoms with Crippen molar-refractivity contribution in [2.45, 2.75) is 31.6 Å². The highest BCUT2D eigenvalue weighted by Crippen LogP contribution is 2.46. The molecule has 4 rings (SSSR count). The topological polar surface area (TPSA) is 64.6 Å². The van der Waals surface area contributed by atoms with Gasteiger partial charge in [0.25, 0.3) is 0 Å². The van der Waals surface area contributed by atoms with Crippen LogP contribution in [0.1, 0.15) is 42.0 Å². The molecule has 29 heavy (non-hydrogen) atoms. The van der Waals surface area contributed by atoms with Gasteiger partial charge in [-0.1, -0.05) is 6.07 Å². The van der Waals surface area contributed by atoms with Crippen LogP contribution in [0.15, 0.2) is 56.9 Å². The van der Waals surface area contributed by atoms with Crippen molar-refractivity contribution in [2.75, 3.05) is 20.3 Å². The highest BCUT2D eigenvalue weighted by atomic mass is 32.1. The maximum atomic E-state index is 13.3. The number of hydrogen-bond acceptors (Lipinski definition) is 7. The van der Waals surface area contributed by atoms with E-state index in [1.165, 1.54) is 4.88 Å². The van der Waals surface area contributed by atoms with Gasteiger partial charge in [-0.15, -0.1) is 11.3 Å². The van der Waals surface area contributed by atoms with Crippen molar-refractivity contribution in [1.29, 1.82) is 0 Å². The number of hydrogen-bond donors (Lipinski definition) is 1. The molecule has 0 unspecified atom stereocenters. The molecule has 2 aromatic heterocycles. The largest absolute Gasteiger partial charge is 0.460 e. The minimum Gasteiger partial charge on any atom is -0.460 e. The lowest BCUT2D eigenvalue weighted by molar-refractivity contribution is -0.140. The summed E-state index contributed by atoms with van der Waals surface area (Å²) in [5.74, 6) is -0.504. The molecule has 5 nitrogen and oxygen atoms in total. The first-order chi connectivity index (χ1) is 14.1. The lowest BCUT2D eigenvalue weighted by Gasteiger charge is -2.36. The van der Waals surface area contributed by atoms with E-state index in [1.54, 1.807) is 29.8 Å². The van der Waals surface area contributed by atoms with Crippen LogP contribution in [-0.2, 0) is 19.1 Å². The average molecular weight is 430 g/mol. The van der Waals surface area contributed by atoms with E-state index in [9.17, 15) is 9.59 Å². The number of allylic oxidation sites excluding steroid dienone is 3. The van der Waals surface area contributed by atoms with Crippen LogP contribution in [0.25, 0.3) is 0 Å². The van der Waals surface area contributed by atoms with Gasteiger partial charge in [0.1, 0.15) is 6.61 Å². The Labute approximate surface area is 178 Å². The highest BCUT2D eigenvalue weighted by Gasteiger charge is 2.41. The fraction of sp³-hybridized carbons (Fsp3) is 0.364. The van der Waals surface area contributed by atoms with Gasteiger partial charge < -0.3 is 14.8 Å². The Balaban J connectivity index is 1.71. The normalized spacial score (nSPS) is 21.8. The summed E-state index contributed by atoms with van der Waals surface area (Å²) in [5, 5.41) is 9.40. The number of Topliss-reactive ketones (excluding diaryl/α,β-unsaturated/α-hetero) is 1. The molecule has 0 saturated heterocycles. The zero-order valence-corrected chi connectivity index (χ0v) is 18.0. The van der Waals surface area contributed by atoms with E-state index >= 15 is 0 Å². The van der Waals surface area contributed by atoms with Gasteiger partial charge in [0, 0.05) is 47.2 Å². The molecule has 0 aromatic carbocycles. The Morgan fingerprint density at radius 1 is 1.24 bits per heavy atom. The van der Waals surface area contributed by atoms with Gasteiger partial charge in [-0.2, -0.15) is 11.3 Å². The zero-order chi connectivity index (χ0) is 20.4. The summed E-state index contributed by atoms with van der Waals surface area (Å²) in [6, 6.07) is 6.10. The summed E-state index contributed by atoms with van der Waals surface area (Å²) in [4.78, 5) is 27.4.